The van der Waals surface area contributed by atoms with Crippen LogP contribution in [0.1, 0.15) is 10.4 Å². The van der Waals surface area contributed by atoms with Gasteiger partial charge in [-0.2, -0.15) is 0 Å². The zero-order chi connectivity index (χ0) is 22.4. The molecule has 1 amide bonds. The maximum atomic E-state index is 12.8. The number of sulfonamides is 1. The highest BCUT2D eigenvalue weighted by Crippen LogP contribution is 2.22. The second-order valence-corrected chi connectivity index (χ2v) is 8.47. The average molecular weight is 440 g/mol. The number of phenols is 1. The van der Waals surface area contributed by atoms with E-state index >= 15 is 0 Å². The Morgan fingerprint density at radius 2 is 1.55 bits per heavy atom. The minimum Gasteiger partial charge on any atom is -0.508 e. The minimum absolute atomic E-state index is 0.0143. The quantitative estimate of drug-likeness (QED) is 0.431. The van der Waals surface area contributed by atoms with Gasteiger partial charge in [-0.1, -0.05) is 18.2 Å². The number of anilines is 2. The van der Waals surface area contributed by atoms with Gasteiger partial charge in [0.1, 0.15) is 5.75 Å². The monoisotopic (exact) mass is 440 g/mol. The number of ether oxygens (including phenoxy) is 1. The Bertz CT molecular complexity index is 1160. The minimum atomic E-state index is -3.80. The lowest BCUT2D eigenvalue weighted by atomic mass is 10.2. The molecule has 0 spiro atoms. The highest BCUT2D eigenvalue weighted by molar-refractivity contribution is 7.92. The molecular weight excluding hydrogens is 420 g/mol. The molecule has 0 aromatic heterocycles. The fraction of sp³-hybridized carbons (Fsp3) is 0.0909. The number of carbonyl (C=O) groups excluding carboxylic acids is 2. The van der Waals surface area contributed by atoms with Gasteiger partial charge in [0.2, 0.25) is 0 Å². The Balaban J connectivity index is 1.60. The van der Waals surface area contributed by atoms with Crippen LogP contribution in [0.5, 0.6) is 5.75 Å². The van der Waals surface area contributed by atoms with Crippen LogP contribution in [-0.2, 0) is 19.6 Å². The van der Waals surface area contributed by atoms with Crippen molar-refractivity contribution in [2.45, 2.75) is 4.90 Å². The molecule has 0 aliphatic heterocycles. The number of nitrogens with one attached hydrogen (secondary N) is 1. The molecule has 0 heterocycles. The lowest BCUT2D eigenvalue weighted by molar-refractivity contribution is -0.119. The van der Waals surface area contributed by atoms with Crippen LogP contribution >= 0.6 is 0 Å². The molecule has 0 fully saturated rings. The Labute approximate surface area is 179 Å². The number of aromatic hydroxyl groups is 1. The van der Waals surface area contributed by atoms with Gasteiger partial charge < -0.3 is 15.2 Å². The molecule has 0 radical (unpaired) electrons. The van der Waals surface area contributed by atoms with Gasteiger partial charge in [-0.3, -0.25) is 9.10 Å². The summed E-state index contributed by atoms with van der Waals surface area (Å²) in [6.45, 7) is -0.517. The van der Waals surface area contributed by atoms with Crippen LogP contribution in [-0.4, -0.2) is 39.1 Å². The van der Waals surface area contributed by atoms with E-state index < -0.39 is 28.5 Å². The van der Waals surface area contributed by atoms with Crippen molar-refractivity contribution in [3.63, 3.8) is 0 Å². The molecule has 0 saturated heterocycles. The number of benzene rings is 3. The number of amides is 1. The van der Waals surface area contributed by atoms with Gasteiger partial charge in [-0.05, 0) is 60.7 Å². The Hall–Kier alpha value is -3.85. The van der Waals surface area contributed by atoms with Crippen molar-refractivity contribution in [1.82, 2.24) is 0 Å². The van der Waals surface area contributed by atoms with Gasteiger partial charge in [0.15, 0.2) is 6.61 Å². The largest absolute Gasteiger partial charge is 0.508 e. The molecule has 8 nitrogen and oxygen atoms in total. The Morgan fingerprint density at radius 1 is 0.935 bits per heavy atom. The fourth-order valence-electron chi connectivity index (χ4n) is 2.65. The summed E-state index contributed by atoms with van der Waals surface area (Å²) in [5.74, 6) is -1.26. The van der Waals surface area contributed by atoms with Gasteiger partial charge in [0.05, 0.1) is 16.1 Å². The van der Waals surface area contributed by atoms with Crippen molar-refractivity contribution in [3.8, 4) is 5.75 Å². The molecule has 3 rings (SSSR count). The first-order chi connectivity index (χ1) is 14.8. The molecule has 31 heavy (non-hydrogen) atoms. The zero-order valence-corrected chi connectivity index (χ0v) is 17.4. The fourth-order valence-corrected chi connectivity index (χ4v) is 3.85. The third kappa shape index (κ3) is 5.40. The van der Waals surface area contributed by atoms with Crippen LogP contribution in [0.3, 0.4) is 0 Å². The van der Waals surface area contributed by atoms with Crippen molar-refractivity contribution >= 4 is 33.3 Å². The molecule has 9 heteroatoms. The molecule has 0 unspecified atom stereocenters. The van der Waals surface area contributed by atoms with Crippen LogP contribution in [0, 0.1) is 0 Å². The van der Waals surface area contributed by atoms with E-state index in [4.69, 9.17) is 4.74 Å². The van der Waals surface area contributed by atoms with Crippen molar-refractivity contribution in [3.05, 3.63) is 84.4 Å². The third-order valence-electron chi connectivity index (χ3n) is 4.35. The van der Waals surface area contributed by atoms with E-state index in [1.54, 1.807) is 30.3 Å². The number of nitrogens with zero attached hydrogens (tertiary/aromatic N) is 1. The topological polar surface area (TPSA) is 113 Å². The lowest BCUT2D eigenvalue weighted by Gasteiger charge is -2.19. The summed E-state index contributed by atoms with van der Waals surface area (Å²) in [4.78, 5) is 24.1. The van der Waals surface area contributed by atoms with E-state index in [-0.39, 0.29) is 16.2 Å². The maximum absolute atomic E-state index is 12.8. The SMILES string of the molecule is CN(c1ccccc1)S(=O)(=O)c1ccc(C(=O)OCC(=O)Nc2ccc(O)cc2)cc1. The number of esters is 1. The lowest BCUT2D eigenvalue weighted by Crippen LogP contribution is -2.26. The number of carbonyl (C=O) groups is 2. The standard InChI is InChI=1S/C22H20N2O6S/c1-24(18-5-3-2-4-6-18)31(28,29)20-13-7-16(8-14-20)22(27)30-15-21(26)23-17-9-11-19(25)12-10-17/h2-14,25H,15H2,1H3,(H,23,26). The molecule has 0 atom stereocenters. The molecular formula is C22H20N2O6S. The van der Waals surface area contributed by atoms with Gasteiger partial charge in [-0.25, -0.2) is 13.2 Å². The van der Waals surface area contributed by atoms with Gasteiger partial charge in [0, 0.05) is 12.7 Å². The normalized spacial score (nSPS) is 10.9. The molecule has 3 aromatic carbocycles. The van der Waals surface area contributed by atoms with Crippen molar-refractivity contribution in [2.75, 3.05) is 23.3 Å². The molecule has 0 aliphatic carbocycles. The number of hydrogen-bond acceptors (Lipinski definition) is 6. The highest BCUT2D eigenvalue weighted by atomic mass is 32.2. The average Bonchev–Trinajstić information content (AvgIpc) is 2.79. The predicted molar refractivity (Wildman–Crippen MR) is 115 cm³/mol. The Morgan fingerprint density at radius 3 is 2.16 bits per heavy atom. The summed E-state index contributed by atoms with van der Waals surface area (Å²) in [5, 5.41) is 11.7. The molecule has 2 N–H and O–H groups in total. The van der Waals surface area contributed by atoms with Crippen molar-refractivity contribution < 1.29 is 27.9 Å². The number of rotatable bonds is 7. The van der Waals surface area contributed by atoms with Crippen molar-refractivity contribution in [2.24, 2.45) is 0 Å². The van der Waals surface area contributed by atoms with E-state index in [1.807, 2.05) is 0 Å². The third-order valence-corrected chi connectivity index (χ3v) is 6.15. The van der Waals surface area contributed by atoms with Crippen LogP contribution in [0.15, 0.2) is 83.8 Å². The molecule has 3 aromatic rings. The van der Waals surface area contributed by atoms with E-state index in [1.165, 1.54) is 55.6 Å². The smallest absolute Gasteiger partial charge is 0.338 e. The summed E-state index contributed by atoms with van der Waals surface area (Å²) in [5.41, 5.74) is 1.06. The number of hydrogen-bond donors (Lipinski definition) is 2. The van der Waals surface area contributed by atoms with Crippen molar-refractivity contribution in [1.29, 1.82) is 0 Å². The van der Waals surface area contributed by atoms with Gasteiger partial charge >= 0.3 is 5.97 Å². The van der Waals surface area contributed by atoms with Crippen LogP contribution in [0.25, 0.3) is 0 Å². The van der Waals surface area contributed by atoms with Gasteiger partial charge in [0.25, 0.3) is 15.9 Å². The predicted octanol–water partition coefficient (Wildman–Crippen LogP) is 3.01. The van der Waals surface area contributed by atoms with Crippen LogP contribution in [0.4, 0.5) is 11.4 Å². The van der Waals surface area contributed by atoms with Crippen LogP contribution in [0.2, 0.25) is 0 Å². The number of phenolic OH excluding ortho intramolecular Hbond substituents is 1. The zero-order valence-electron chi connectivity index (χ0n) is 16.6. The van der Waals surface area contributed by atoms with Gasteiger partial charge in [-0.15, -0.1) is 0 Å². The summed E-state index contributed by atoms with van der Waals surface area (Å²) in [6, 6.07) is 19.7. The Kier molecular flexibility index (Phi) is 6.56. The highest BCUT2D eigenvalue weighted by Gasteiger charge is 2.21. The van der Waals surface area contributed by atoms with E-state index in [9.17, 15) is 23.1 Å². The summed E-state index contributed by atoms with van der Waals surface area (Å²) >= 11 is 0. The first-order valence-corrected chi connectivity index (χ1v) is 10.6. The molecule has 0 saturated carbocycles. The molecule has 0 aliphatic rings. The van der Waals surface area contributed by atoms with E-state index in [0.29, 0.717) is 11.4 Å². The summed E-state index contributed by atoms with van der Waals surface area (Å²) in [7, 11) is -2.35. The first-order valence-electron chi connectivity index (χ1n) is 9.17. The summed E-state index contributed by atoms with van der Waals surface area (Å²) in [6.07, 6.45) is 0. The molecule has 160 valence electrons. The maximum Gasteiger partial charge on any atom is 0.338 e. The number of para-hydroxylation sites is 1. The van der Waals surface area contributed by atoms with Crippen LogP contribution < -0.4 is 9.62 Å². The van der Waals surface area contributed by atoms with E-state index in [0.717, 1.165) is 4.31 Å². The first kappa shape index (κ1) is 21.8. The summed E-state index contributed by atoms with van der Waals surface area (Å²) < 4.78 is 31.6. The second kappa shape index (κ2) is 9.31. The second-order valence-electron chi connectivity index (χ2n) is 6.50. The molecule has 0 bridgehead atoms. The van der Waals surface area contributed by atoms with E-state index in [2.05, 4.69) is 5.32 Å².